The van der Waals surface area contributed by atoms with Crippen LogP contribution in [0.5, 0.6) is 0 Å². The van der Waals surface area contributed by atoms with E-state index < -0.39 is 4.92 Å². The standard InChI is InChI=1S/C12H12ClN3O3S/c13-7-11(17)15-5-4-14-12(15)20-8-9-2-1-3-10(6-9)16(18)19/h1-3,6H,4-5,7-8H2. The zero-order chi connectivity index (χ0) is 14.5. The summed E-state index contributed by atoms with van der Waals surface area (Å²) in [5.74, 6) is 0.276. The van der Waals surface area contributed by atoms with Gasteiger partial charge in [-0.1, -0.05) is 23.9 Å². The van der Waals surface area contributed by atoms with Crippen molar-refractivity contribution in [3.8, 4) is 0 Å². The number of amides is 1. The summed E-state index contributed by atoms with van der Waals surface area (Å²) in [5, 5.41) is 11.3. The van der Waals surface area contributed by atoms with E-state index >= 15 is 0 Å². The third kappa shape index (κ3) is 3.49. The topological polar surface area (TPSA) is 75.8 Å². The molecule has 0 atom stereocenters. The Bertz CT molecular complexity index is 565. The number of amidine groups is 1. The zero-order valence-corrected chi connectivity index (χ0v) is 12.1. The molecule has 0 saturated heterocycles. The van der Waals surface area contributed by atoms with Gasteiger partial charge in [-0.05, 0) is 5.56 Å². The molecule has 1 aliphatic rings. The molecule has 6 nitrogen and oxygen atoms in total. The monoisotopic (exact) mass is 313 g/mol. The van der Waals surface area contributed by atoms with E-state index in [0.717, 1.165) is 5.56 Å². The molecule has 0 radical (unpaired) electrons. The fraction of sp³-hybridized carbons (Fsp3) is 0.333. The first-order valence-corrected chi connectivity index (χ1v) is 7.40. The number of hydrogen-bond acceptors (Lipinski definition) is 5. The van der Waals surface area contributed by atoms with E-state index in [1.54, 1.807) is 11.0 Å². The van der Waals surface area contributed by atoms with Crippen LogP contribution in [0.3, 0.4) is 0 Å². The van der Waals surface area contributed by atoms with Crippen LogP contribution in [0.25, 0.3) is 0 Å². The van der Waals surface area contributed by atoms with Gasteiger partial charge >= 0.3 is 0 Å². The molecule has 0 aliphatic carbocycles. The summed E-state index contributed by atoms with van der Waals surface area (Å²) < 4.78 is 0. The molecule has 1 heterocycles. The molecule has 0 bridgehead atoms. The van der Waals surface area contributed by atoms with Crippen LogP contribution >= 0.6 is 23.4 Å². The predicted octanol–water partition coefficient (Wildman–Crippen LogP) is 2.27. The second-order valence-corrected chi connectivity index (χ2v) is 5.27. The molecule has 0 unspecified atom stereocenters. The Morgan fingerprint density at radius 2 is 2.35 bits per heavy atom. The largest absolute Gasteiger partial charge is 0.289 e. The van der Waals surface area contributed by atoms with Crippen molar-refractivity contribution < 1.29 is 9.72 Å². The number of carbonyl (C=O) groups is 1. The lowest BCUT2D eigenvalue weighted by Crippen LogP contribution is -2.33. The molecule has 8 heteroatoms. The predicted molar refractivity (Wildman–Crippen MR) is 79.1 cm³/mol. The number of aliphatic imine (C=N–C) groups is 1. The number of halogens is 1. The van der Waals surface area contributed by atoms with Crippen molar-refractivity contribution in [1.82, 2.24) is 4.90 Å². The second kappa shape index (κ2) is 6.71. The molecule has 1 aliphatic heterocycles. The molecule has 0 spiro atoms. The van der Waals surface area contributed by atoms with E-state index in [1.165, 1.54) is 23.9 Å². The molecule has 1 aromatic carbocycles. The number of nitro benzene ring substituents is 1. The molecule has 1 amide bonds. The van der Waals surface area contributed by atoms with Gasteiger partial charge in [0.15, 0.2) is 5.17 Å². The molecular formula is C12H12ClN3O3S. The van der Waals surface area contributed by atoms with Gasteiger partial charge in [0.05, 0.1) is 11.5 Å². The molecule has 0 fully saturated rings. The van der Waals surface area contributed by atoms with Gasteiger partial charge in [0.2, 0.25) is 5.91 Å². The van der Waals surface area contributed by atoms with Gasteiger partial charge < -0.3 is 0 Å². The molecule has 20 heavy (non-hydrogen) atoms. The van der Waals surface area contributed by atoms with Crippen LogP contribution in [0, 0.1) is 10.1 Å². The number of carbonyl (C=O) groups excluding carboxylic acids is 1. The normalized spacial score (nSPS) is 14.2. The van der Waals surface area contributed by atoms with E-state index in [-0.39, 0.29) is 17.5 Å². The fourth-order valence-electron chi connectivity index (χ4n) is 1.76. The smallest absolute Gasteiger partial charge is 0.269 e. The number of benzene rings is 1. The lowest BCUT2D eigenvalue weighted by molar-refractivity contribution is -0.384. The number of hydrogen-bond donors (Lipinski definition) is 0. The van der Waals surface area contributed by atoms with Crippen molar-refractivity contribution in [3.63, 3.8) is 0 Å². The summed E-state index contributed by atoms with van der Waals surface area (Å²) in [6.45, 7) is 1.11. The van der Waals surface area contributed by atoms with Crippen LogP contribution in [-0.2, 0) is 10.5 Å². The molecule has 0 aromatic heterocycles. The van der Waals surface area contributed by atoms with Gasteiger partial charge in [-0.15, -0.1) is 11.6 Å². The average molecular weight is 314 g/mol. The third-order valence-corrected chi connectivity index (χ3v) is 4.02. The first-order valence-electron chi connectivity index (χ1n) is 5.88. The summed E-state index contributed by atoms with van der Waals surface area (Å²) in [4.78, 5) is 27.7. The van der Waals surface area contributed by atoms with Gasteiger partial charge in [0.1, 0.15) is 5.88 Å². The Labute approximate surface area is 125 Å². The third-order valence-electron chi connectivity index (χ3n) is 2.71. The number of rotatable bonds is 4. The minimum Gasteiger partial charge on any atom is -0.289 e. The Hall–Kier alpha value is -1.60. The van der Waals surface area contributed by atoms with Gasteiger partial charge in [0.25, 0.3) is 5.69 Å². The highest BCUT2D eigenvalue weighted by Gasteiger charge is 2.23. The van der Waals surface area contributed by atoms with Crippen LogP contribution in [0.4, 0.5) is 5.69 Å². The van der Waals surface area contributed by atoms with Crippen molar-refractivity contribution in [3.05, 3.63) is 39.9 Å². The van der Waals surface area contributed by atoms with Crippen LogP contribution in [-0.4, -0.2) is 39.9 Å². The second-order valence-electron chi connectivity index (χ2n) is 4.06. The number of non-ortho nitro benzene ring substituents is 1. The molecule has 0 saturated carbocycles. The Morgan fingerprint density at radius 3 is 3.05 bits per heavy atom. The highest BCUT2D eigenvalue weighted by Crippen LogP contribution is 2.22. The van der Waals surface area contributed by atoms with E-state index in [4.69, 9.17) is 11.6 Å². The fourth-order valence-corrected chi connectivity index (χ4v) is 2.91. The van der Waals surface area contributed by atoms with Crippen LogP contribution in [0.2, 0.25) is 0 Å². The maximum Gasteiger partial charge on any atom is 0.269 e. The quantitative estimate of drug-likeness (QED) is 0.485. The van der Waals surface area contributed by atoms with Gasteiger partial charge in [-0.3, -0.25) is 24.8 Å². The minimum absolute atomic E-state index is 0.0603. The van der Waals surface area contributed by atoms with Crippen molar-refractivity contribution >= 4 is 40.1 Å². The van der Waals surface area contributed by atoms with Gasteiger partial charge in [0, 0.05) is 24.4 Å². The van der Waals surface area contributed by atoms with E-state index in [9.17, 15) is 14.9 Å². The lowest BCUT2D eigenvalue weighted by Gasteiger charge is -2.16. The van der Waals surface area contributed by atoms with Crippen molar-refractivity contribution in [2.24, 2.45) is 4.99 Å². The number of thioether (sulfide) groups is 1. The summed E-state index contributed by atoms with van der Waals surface area (Å²) >= 11 is 6.92. The molecule has 106 valence electrons. The van der Waals surface area contributed by atoms with Gasteiger partial charge in [-0.2, -0.15) is 0 Å². The van der Waals surface area contributed by atoms with Gasteiger partial charge in [-0.25, -0.2) is 0 Å². The van der Waals surface area contributed by atoms with Crippen LogP contribution < -0.4 is 0 Å². The summed E-state index contributed by atoms with van der Waals surface area (Å²) in [6.07, 6.45) is 0. The minimum atomic E-state index is -0.426. The zero-order valence-electron chi connectivity index (χ0n) is 10.5. The Morgan fingerprint density at radius 1 is 1.55 bits per heavy atom. The van der Waals surface area contributed by atoms with Crippen molar-refractivity contribution in [1.29, 1.82) is 0 Å². The Kier molecular flexibility index (Phi) is 4.97. The number of nitro groups is 1. The highest BCUT2D eigenvalue weighted by molar-refractivity contribution is 8.13. The van der Waals surface area contributed by atoms with Crippen LogP contribution in [0.15, 0.2) is 29.3 Å². The number of alkyl halides is 1. The summed E-state index contributed by atoms with van der Waals surface area (Å²) in [6, 6.07) is 6.43. The molecule has 2 rings (SSSR count). The summed E-state index contributed by atoms with van der Waals surface area (Å²) in [5.41, 5.74) is 0.877. The maximum atomic E-state index is 11.6. The molecular weight excluding hydrogens is 302 g/mol. The van der Waals surface area contributed by atoms with E-state index in [2.05, 4.69) is 4.99 Å². The number of nitrogens with zero attached hydrogens (tertiary/aromatic N) is 3. The first-order chi connectivity index (χ1) is 9.61. The van der Waals surface area contributed by atoms with E-state index in [0.29, 0.717) is 24.0 Å². The average Bonchev–Trinajstić information content (AvgIpc) is 2.93. The lowest BCUT2D eigenvalue weighted by atomic mass is 10.2. The summed E-state index contributed by atoms with van der Waals surface area (Å²) in [7, 11) is 0. The SMILES string of the molecule is O=C(CCl)N1CCN=C1SCc1cccc([N+](=O)[O-])c1. The van der Waals surface area contributed by atoms with E-state index in [1.807, 2.05) is 6.07 Å². The molecule has 0 N–H and O–H groups in total. The van der Waals surface area contributed by atoms with Crippen LogP contribution in [0.1, 0.15) is 5.56 Å². The molecule has 1 aromatic rings. The van der Waals surface area contributed by atoms with Crippen molar-refractivity contribution in [2.75, 3.05) is 19.0 Å². The Balaban J connectivity index is 2.00. The maximum absolute atomic E-state index is 11.6. The highest BCUT2D eigenvalue weighted by atomic mass is 35.5. The first kappa shape index (κ1) is 14.8. The van der Waals surface area contributed by atoms with Crippen molar-refractivity contribution in [2.45, 2.75) is 5.75 Å².